The first-order chi connectivity index (χ1) is 12.1. The van der Waals surface area contributed by atoms with E-state index < -0.39 is 28.6 Å². The Morgan fingerprint density at radius 1 is 1.20 bits per heavy atom. The second-order valence-corrected chi connectivity index (χ2v) is 6.78. The van der Waals surface area contributed by atoms with Crippen molar-refractivity contribution in [2.45, 2.75) is 37.6 Å². The van der Waals surface area contributed by atoms with Crippen LogP contribution < -0.4 is 0 Å². The van der Waals surface area contributed by atoms with Crippen LogP contribution in [0.5, 0.6) is 0 Å². The Kier molecular flexibility index (Phi) is 3.13. The minimum absolute atomic E-state index is 0.351. The zero-order valence-corrected chi connectivity index (χ0v) is 13.4. The molecule has 5 rings (SSSR count). The van der Waals surface area contributed by atoms with E-state index in [4.69, 9.17) is 14.9 Å². The summed E-state index contributed by atoms with van der Waals surface area (Å²) in [6.45, 7) is 0. The van der Waals surface area contributed by atoms with Gasteiger partial charge in [-0.25, -0.2) is 0 Å². The van der Waals surface area contributed by atoms with Crippen molar-refractivity contribution in [2.24, 2.45) is 16.7 Å². The van der Waals surface area contributed by atoms with E-state index in [9.17, 15) is 15.8 Å². The maximum absolute atomic E-state index is 10.1. The molecule has 7 nitrogen and oxygen atoms in total. The van der Waals surface area contributed by atoms with Crippen molar-refractivity contribution >= 4 is 5.90 Å². The molecular formula is C18H15N5O2. The van der Waals surface area contributed by atoms with Crippen molar-refractivity contribution in [1.29, 1.82) is 21.2 Å². The van der Waals surface area contributed by atoms with Crippen molar-refractivity contribution in [1.82, 2.24) is 4.98 Å². The van der Waals surface area contributed by atoms with Crippen LogP contribution in [-0.2, 0) is 9.47 Å². The third kappa shape index (κ3) is 1.60. The minimum Gasteiger partial charge on any atom is -0.447 e. The predicted octanol–water partition coefficient (Wildman–Crippen LogP) is 2.59. The van der Waals surface area contributed by atoms with Gasteiger partial charge >= 0.3 is 0 Å². The molecule has 4 aliphatic rings. The summed E-state index contributed by atoms with van der Waals surface area (Å²) in [5, 5.41) is 38.6. The van der Waals surface area contributed by atoms with E-state index in [0.717, 1.165) is 12.8 Å². The van der Waals surface area contributed by atoms with E-state index in [-0.39, 0.29) is 5.90 Å². The molecule has 0 aromatic carbocycles. The van der Waals surface area contributed by atoms with Gasteiger partial charge in [0.15, 0.2) is 10.8 Å². The number of pyridine rings is 1. The van der Waals surface area contributed by atoms with Crippen molar-refractivity contribution in [3.05, 3.63) is 30.1 Å². The van der Waals surface area contributed by atoms with E-state index >= 15 is 0 Å². The summed E-state index contributed by atoms with van der Waals surface area (Å²) in [5.41, 5.74) is -2.95. The highest BCUT2D eigenvalue weighted by Crippen LogP contribution is 2.69. The fourth-order valence-corrected chi connectivity index (χ4v) is 4.67. The molecule has 1 aliphatic carbocycles. The SMILES string of the molecule is N#CC1(C#N)C2CCCCC23OC(=N)C1(C#N)C(c1cccnc1)O3. The Morgan fingerprint density at radius 2 is 2.00 bits per heavy atom. The number of fused-ring (bicyclic) bond motifs is 2. The van der Waals surface area contributed by atoms with Gasteiger partial charge in [-0.15, -0.1) is 0 Å². The number of rotatable bonds is 1. The second kappa shape index (κ2) is 5.02. The van der Waals surface area contributed by atoms with Gasteiger partial charge in [-0.1, -0.05) is 12.5 Å². The lowest BCUT2D eigenvalue weighted by Crippen LogP contribution is -2.73. The summed E-state index contributed by atoms with van der Waals surface area (Å²) in [5.74, 6) is -2.12. The third-order valence-electron chi connectivity index (χ3n) is 5.80. The lowest BCUT2D eigenvalue weighted by atomic mass is 9.48. The molecule has 3 saturated heterocycles. The largest absolute Gasteiger partial charge is 0.447 e. The lowest BCUT2D eigenvalue weighted by molar-refractivity contribution is -0.360. The van der Waals surface area contributed by atoms with Crippen molar-refractivity contribution < 1.29 is 9.47 Å². The van der Waals surface area contributed by atoms with Gasteiger partial charge in [0.25, 0.3) is 0 Å². The molecule has 1 N–H and O–H groups in total. The summed E-state index contributed by atoms with van der Waals surface area (Å²) < 4.78 is 12.1. The van der Waals surface area contributed by atoms with Crippen molar-refractivity contribution in [3.8, 4) is 18.2 Å². The first-order valence-electron chi connectivity index (χ1n) is 8.20. The van der Waals surface area contributed by atoms with Gasteiger partial charge in [-0.3, -0.25) is 10.4 Å². The highest BCUT2D eigenvalue weighted by atomic mass is 16.7. The van der Waals surface area contributed by atoms with Gasteiger partial charge in [0, 0.05) is 24.4 Å². The van der Waals surface area contributed by atoms with E-state index in [1.807, 2.05) is 0 Å². The Hall–Kier alpha value is -2.95. The number of hydrogen-bond acceptors (Lipinski definition) is 7. The van der Waals surface area contributed by atoms with Crippen LogP contribution in [0.4, 0.5) is 0 Å². The smallest absolute Gasteiger partial charge is 0.218 e. The summed E-state index contributed by atoms with van der Waals surface area (Å²) >= 11 is 0. The van der Waals surface area contributed by atoms with E-state index in [2.05, 4.69) is 23.2 Å². The summed E-state index contributed by atoms with van der Waals surface area (Å²) in [4.78, 5) is 4.07. The Bertz CT molecular complexity index is 850. The van der Waals surface area contributed by atoms with Crippen molar-refractivity contribution in [3.63, 3.8) is 0 Å². The Balaban J connectivity index is 2.02. The lowest BCUT2D eigenvalue weighted by Gasteiger charge is -2.63. The molecule has 4 fully saturated rings. The number of nitrogens with one attached hydrogen (secondary N) is 1. The van der Waals surface area contributed by atoms with Crippen LogP contribution in [0.15, 0.2) is 24.5 Å². The molecule has 7 heteroatoms. The number of ether oxygens (including phenoxy) is 2. The molecule has 3 aliphatic heterocycles. The van der Waals surface area contributed by atoms with Crippen LogP contribution in [0.25, 0.3) is 0 Å². The molecule has 25 heavy (non-hydrogen) atoms. The van der Waals surface area contributed by atoms with Crippen molar-refractivity contribution in [2.75, 3.05) is 0 Å². The molecule has 1 aromatic heterocycles. The molecule has 0 amide bonds. The van der Waals surface area contributed by atoms with E-state index in [1.54, 1.807) is 24.5 Å². The summed E-state index contributed by atoms with van der Waals surface area (Å²) in [6.07, 6.45) is 4.88. The molecular weight excluding hydrogens is 318 g/mol. The predicted molar refractivity (Wildman–Crippen MR) is 83.3 cm³/mol. The molecule has 0 radical (unpaired) electrons. The summed E-state index contributed by atoms with van der Waals surface area (Å²) in [6, 6.07) is 9.73. The molecule has 2 bridgehead atoms. The number of aromatic nitrogens is 1. The van der Waals surface area contributed by atoms with Gasteiger partial charge in [0.1, 0.15) is 6.10 Å². The molecule has 1 aromatic rings. The summed E-state index contributed by atoms with van der Waals surface area (Å²) in [7, 11) is 0. The van der Waals surface area contributed by atoms with Crippen LogP contribution in [0.1, 0.15) is 37.4 Å². The number of nitriles is 3. The number of nitrogens with zero attached hydrogens (tertiary/aromatic N) is 4. The minimum atomic E-state index is -1.82. The topological polar surface area (TPSA) is 127 Å². The standard InChI is InChI=1S/C18H15N5O2/c19-9-16(10-20)13-5-1-2-6-18(13)24-14(12-4-3-7-23-8-12)17(16,11-21)15(22)25-18/h3-4,7-8,13-14,22H,1-2,5-6H2. The first kappa shape index (κ1) is 15.6. The quantitative estimate of drug-likeness (QED) is 0.841. The fourth-order valence-electron chi connectivity index (χ4n) is 4.67. The Morgan fingerprint density at radius 3 is 2.64 bits per heavy atom. The average Bonchev–Trinajstić information content (AvgIpc) is 2.66. The third-order valence-corrected chi connectivity index (χ3v) is 5.80. The van der Waals surface area contributed by atoms with Crippen LogP contribution in [0, 0.1) is 56.2 Å². The molecule has 124 valence electrons. The molecule has 1 spiro atoms. The maximum atomic E-state index is 10.1. The molecule has 1 saturated carbocycles. The number of hydrogen-bond donors (Lipinski definition) is 1. The molecule has 4 heterocycles. The highest BCUT2D eigenvalue weighted by molar-refractivity contribution is 5.89. The maximum Gasteiger partial charge on any atom is 0.218 e. The Labute approximate surface area is 144 Å². The van der Waals surface area contributed by atoms with Gasteiger partial charge in [0.05, 0.1) is 24.1 Å². The van der Waals surface area contributed by atoms with E-state index in [0.29, 0.717) is 18.4 Å². The second-order valence-electron chi connectivity index (χ2n) is 6.78. The monoisotopic (exact) mass is 333 g/mol. The van der Waals surface area contributed by atoms with Gasteiger partial charge in [-0.05, 0) is 18.9 Å². The first-order valence-corrected chi connectivity index (χ1v) is 8.20. The zero-order chi connectivity index (χ0) is 17.7. The normalized spacial score (nSPS) is 37.7. The van der Waals surface area contributed by atoms with Crippen LogP contribution in [0.2, 0.25) is 0 Å². The highest BCUT2D eigenvalue weighted by Gasteiger charge is 2.80. The van der Waals surface area contributed by atoms with Crippen LogP contribution in [0.3, 0.4) is 0 Å². The fraction of sp³-hybridized carbons (Fsp3) is 0.500. The molecule has 4 unspecified atom stereocenters. The van der Waals surface area contributed by atoms with Gasteiger partial charge in [0.2, 0.25) is 11.7 Å². The van der Waals surface area contributed by atoms with E-state index in [1.165, 1.54) is 0 Å². The molecule has 4 atom stereocenters. The zero-order valence-electron chi connectivity index (χ0n) is 13.4. The van der Waals surface area contributed by atoms with Crippen LogP contribution >= 0.6 is 0 Å². The average molecular weight is 333 g/mol. The van der Waals surface area contributed by atoms with Crippen LogP contribution in [-0.4, -0.2) is 16.7 Å². The van der Waals surface area contributed by atoms with Gasteiger partial charge < -0.3 is 9.47 Å². The van der Waals surface area contributed by atoms with Gasteiger partial charge in [-0.2, -0.15) is 15.8 Å².